The van der Waals surface area contributed by atoms with Crippen LogP contribution in [0.2, 0.25) is 0 Å². The van der Waals surface area contributed by atoms with Gasteiger partial charge in [0.25, 0.3) is 0 Å². The molecule has 2 aromatic rings. The fourth-order valence-electron chi connectivity index (χ4n) is 2.44. The molecule has 7 heteroatoms. The zero-order valence-corrected chi connectivity index (χ0v) is 15.7. The lowest BCUT2D eigenvalue weighted by molar-refractivity contribution is 0.0512. The fourth-order valence-corrected chi connectivity index (χ4v) is 2.44. The van der Waals surface area contributed by atoms with Gasteiger partial charge in [0.15, 0.2) is 5.78 Å². The molecule has 0 fully saturated rings. The van der Waals surface area contributed by atoms with Gasteiger partial charge in [0.1, 0.15) is 17.1 Å². The van der Waals surface area contributed by atoms with Crippen LogP contribution in [-0.4, -0.2) is 60.8 Å². The Morgan fingerprint density at radius 1 is 1.23 bits per heavy atom. The number of esters is 1. The third-order valence-electron chi connectivity index (χ3n) is 3.80. The topological polar surface area (TPSA) is 73.7 Å². The summed E-state index contributed by atoms with van der Waals surface area (Å²) in [7, 11) is 5.40. The molecular weight excluding hydrogens is 334 g/mol. The van der Waals surface area contributed by atoms with E-state index in [-0.39, 0.29) is 23.8 Å². The Morgan fingerprint density at radius 3 is 2.65 bits per heavy atom. The van der Waals surface area contributed by atoms with Crippen LogP contribution in [0.25, 0.3) is 0 Å². The Morgan fingerprint density at radius 2 is 2.00 bits per heavy atom. The van der Waals surface area contributed by atoms with Gasteiger partial charge in [0.2, 0.25) is 0 Å². The Hall–Kier alpha value is -2.67. The van der Waals surface area contributed by atoms with E-state index in [0.29, 0.717) is 19.5 Å². The smallest absolute Gasteiger partial charge is 0.356 e. The number of nitrogens with zero attached hydrogens (tertiary/aromatic N) is 3. The normalized spacial score (nSPS) is 10.8. The molecule has 0 radical (unpaired) electrons. The third kappa shape index (κ3) is 5.16. The van der Waals surface area contributed by atoms with Crippen LogP contribution in [0, 0.1) is 0 Å². The van der Waals surface area contributed by atoms with Crippen molar-refractivity contribution in [1.29, 1.82) is 0 Å². The molecule has 2 rings (SSSR count). The predicted molar refractivity (Wildman–Crippen MR) is 97.8 cm³/mol. The Balaban J connectivity index is 2.29. The van der Waals surface area contributed by atoms with Gasteiger partial charge in [0.05, 0.1) is 20.3 Å². The van der Waals surface area contributed by atoms with Crippen molar-refractivity contribution < 1.29 is 19.1 Å². The maximum absolute atomic E-state index is 12.4. The minimum Gasteiger partial charge on any atom is -0.497 e. The lowest BCUT2D eigenvalue weighted by Gasteiger charge is -2.08. The Kier molecular flexibility index (Phi) is 6.91. The number of carbonyl (C=O) groups is 2. The number of ether oxygens (including phenoxy) is 2. The molecule has 0 unspecified atom stereocenters. The van der Waals surface area contributed by atoms with Gasteiger partial charge in [-0.2, -0.15) is 5.10 Å². The molecule has 0 saturated carbocycles. The van der Waals surface area contributed by atoms with E-state index in [0.717, 1.165) is 11.3 Å². The average molecular weight is 359 g/mol. The van der Waals surface area contributed by atoms with Crippen LogP contribution in [0.15, 0.2) is 30.3 Å². The van der Waals surface area contributed by atoms with Gasteiger partial charge < -0.3 is 14.4 Å². The van der Waals surface area contributed by atoms with Gasteiger partial charge in [0, 0.05) is 19.0 Å². The number of rotatable bonds is 9. The second-order valence-corrected chi connectivity index (χ2v) is 6.12. The highest BCUT2D eigenvalue weighted by atomic mass is 16.5. The molecule has 0 N–H and O–H groups in total. The van der Waals surface area contributed by atoms with Gasteiger partial charge in [-0.25, -0.2) is 4.79 Å². The van der Waals surface area contributed by atoms with Crippen LogP contribution in [0.5, 0.6) is 5.75 Å². The number of hydrogen-bond acceptors (Lipinski definition) is 6. The summed E-state index contributed by atoms with van der Waals surface area (Å²) in [5, 5.41) is 4.35. The Labute approximate surface area is 153 Å². The van der Waals surface area contributed by atoms with Gasteiger partial charge >= 0.3 is 5.97 Å². The molecule has 0 bridgehead atoms. The van der Waals surface area contributed by atoms with Crippen LogP contribution >= 0.6 is 0 Å². The number of methoxy groups -OCH3 is 1. The van der Waals surface area contributed by atoms with Crippen LogP contribution in [0.4, 0.5) is 0 Å². The molecule has 0 aliphatic rings. The van der Waals surface area contributed by atoms with Crippen molar-refractivity contribution in [1.82, 2.24) is 14.7 Å². The number of Topliss-reactive ketones (excluding diaryl/α,β-unsaturated/α-hetero) is 1. The first-order chi connectivity index (χ1) is 12.4. The second-order valence-electron chi connectivity index (χ2n) is 6.12. The largest absolute Gasteiger partial charge is 0.497 e. The second kappa shape index (κ2) is 9.15. The zero-order chi connectivity index (χ0) is 19.1. The van der Waals surface area contributed by atoms with Crippen molar-refractivity contribution in [2.24, 2.45) is 0 Å². The third-order valence-corrected chi connectivity index (χ3v) is 3.80. The maximum Gasteiger partial charge on any atom is 0.356 e. The van der Waals surface area contributed by atoms with Crippen molar-refractivity contribution in [3.8, 4) is 5.75 Å². The molecule has 0 aliphatic carbocycles. The summed E-state index contributed by atoms with van der Waals surface area (Å²) in [5.74, 6) is 0.123. The SMILES string of the molecule is CCOC(=O)c1cc(C(=O)CCN(C)C)nn1Cc1cccc(OC)c1. The first-order valence-corrected chi connectivity index (χ1v) is 8.50. The number of hydrogen-bond donors (Lipinski definition) is 0. The summed E-state index contributed by atoms with van der Waals surface area (Å²) >= 11 is 0. The number of benzene rings is 1. The van der Waals surface area contributed by atoms with E-state index in [4.69, 9.17) is 9.47 Å². The van der Waals surface area contributed by atoms with E-state index >= 15 is 0 Å². The molecule has 0 aliphatic heterocycles. The summed E-state index contributed by atoms with van der Waals surface area (Å²) < 4.78 is 11.8. The van der Waals surface area contributed by atoms with Gasteiger partial charge in [-0.3, -0.25) is 9.48 Å². The van der Waals surface area contributed by atoms with Crippen LogP contribution in [-0.2, 0) is 11.3 Å². The monoisotopic (exact) mass is 359 g/mol. The number of carbonyl (C=O) groups excluding carboxylic acids is 2. The van der Waals surface area contributed by atoms with E-state index in [9.17, 15) is 9.59 Å². The van der Waals surface area contributed by atoms with Crippen LogP contribution in [0.3, 0.4) is 0 Å². The Bertz CT molecular complexity index is 768. The van der Waals surface area contributed by atoms with Crippen molar-refractivity contribution >= 4 is 11.8 Å². The molecule has 1 aromatic heterocycles. The number of aromatic nitrogens is 2. The standard InChI is InChI=1S/C19H25N3O4/c1-5-26-19(24)17-12-16(18(23)9-10-21(2)3)20-22(17)13-14-7-6-8-15(11-14)25-4/h6-8,11-12H,5,9-10,13H2,1-4H3. The highest BCUT2D eigenvalue weighted by molar-refractivity contribution is 5.97. The highest BCUT2D eigenvalue weighted by Crippen LogP contribution is 2.16. The van der Waals surface area contributed by atoms with Crippen molar-refractivity contribution in [3.63, 3.8) is 0 Å². The maximum atomic E-state index is 12.4. The molecule has 140 valence electrons. The predicted octanol–water partition coefficient (Wildman–Crippen LogP) is 2.25. The average Bonchev–Trinajstić information content (AvgIpc) is 3.04. The molecule has 1 aromatic carbocycles. The lowest BCUT2D eigenvalue weighted by atomic mass is 10.2. The van der Waals surface area contributed by atoms with Crippen LogP contribution in [0.1, 0.15) is 39.9 Å². The zero-order valence-electron chi connectivity index (χ0n) is 15.7. The molecule has 0 atom stereocenters. The molecule has 0 spiro atoms. The van der Waals surface area contributed by atoms with Gasteiger partial charge in [-0.1, -0.05) is 12.1 Å². The van der Waals surface area contributed by atoms with E-state index in [1.54, 1.807) is 14.0 Å². The molecule has 7 nitrogen and oxygen atoms in total. The summed E-state index contributed by atoms with van der Waals surface area (Å²) in [5.41, 5.74) is 1.45. The minimum atomic E-state index is -0.491. The molecular formula is C19H25N3O4. The molecule has 0 saturated heterocycles. The summed E-state index contributed by atoms with van der Waals surface area (Å²) in [6.45, 7) is 2.96. The van der Waals surface area contributed by atoms with E-state index < -0.39 is 5.97 Å². The van der Waals surface area contributed by atoms with E-state index in [1.165, 1.54) is 10.7 Å². The molecule has 0 amide bonds. The fraction of sp³-hybridized carbons (Fsp3) is 0.421. The van der Waals surface area contributed by atoms with E-state index in [2.05, 4.69) is 5.10 Å². The van der Waals surface area contributed by atoms with Crippen molar-refractivity contribution in [2.45, 2.75) is 19.9 Å². The minimum absolute atomic E-state index is 0.103. The van der Waals surface area contributed by atoms with Crippen molar-refractivity contribution in [2.75, 3.05) is 34.4 Å². The molecule has 1 heterocycles. The molecule has 26 heavy (non-hydrogen) atoms. The lowest BCUT2D eigenvalue weighted by Crippen LogP contribution is -2.17. The van der Waals surface area contributed by atoms with Crippen LogP contribution < -0.4 is 4.74 Å². The highest BCUT2D eigenvalue weighted by Gasteiger charge is 2.20. The summed E-state index contributed by atoms with van der Waals surface area (Å²) in [6.07, 6.45) is 0.339. The summed E-state index contributed by atoms with van der Waals surface area (Å²) in [6, 6.07) is 8.99. The number of ketones is 1. The first kappa shape index (κ1) is 19.7. The van der Waals surface area contributed by atoms with Crippen molar-refractivity contribution in [3.05, 3.63) is 47.3 Å². The van der Waals surface area contributed by atoms with Gasteiger partial charge in [-0.05, 0) is 38.7 Å². The quantitative estimate of drug-likeness (QED) is 0.505. The van der Waals surface area contributed by atoms with Gasteiger partial charge in [-0.15, -0.1) is 0 Å². The first-order valence-electron chi connectivity index (χ1n) is 8.50. The van der Waals surface area contributed by atoms with E-state index in [1.807, 2.05) is 43.3 Å². The summed E-state index contributed by atoms with van der Waals surface area (Å²) in [4.78, 5) is 26.6.